The Morgan fingerprint density at radius 3 is 1.42 bits per heavy atom. The second-order valence-electron chi connectivity index (χ2n) is 8.67. The average molecular weight is 442 g/mol. The first-order chi connectivity index (χ1) is 15.9. The molecular formula is C26H27BN2O4. The van der Waals surface area contributed by atoms with Crippen LogP contribution in [-0.2, 0) is 6.42 Å². The van der Waals surface area contributed by atoms with E-state index < -0.39 is 0 Å². The molecule has 0 fully saturated rings. The lowest BCUT2D eigenvalue weighted by Gasteiger charge is -2.23. The smallest absolute Gasteiger partial charge is 0.261 e. The fourth-order valence-electron chi connectivity index (χ4n) is 4.84. The van der Waals surface area contributed by atoms with E-state index in [-0.39, 0.29) is 42.0 Å². The van der Waals surface area contributed by atoms with E-state index in [0.29, 0.717) is 35.1 Å². The zero-order valence-electron chi connectivity index (χ0n) is 19.3. The zero-order chi connectivity index (χ0) is 23.9. The van der Waals surface area contributed by atoms with Crippen LogP contribution in [0.25, 0.3) is 0 Å². The number of imide groups is 2. The van der Waals surface area contributed by atoms with E-state index in [1.165, 1.54) is 9.80 Å². The minimum atomic E-state index is -0.320. The van der Waals surface area contributed by atoms with E-state index in [0.717, 1.165) is 24.0 Å². The molecule has 2 heterocycles. The van der Waals surface area contributed by atoms with Crippen LogP contribution in [0.4, 0.5) is 0 Å². The predicted octanol–water partition coefficient (Wildman–Crippen LogP) is 4.02. The highest BCUT2D eigenvalue weighted by Crippen LogP contribution is 2.30. The SMILES string of the molecule is [B]CC(CC)N1C(=O)c2ccc(Cc3ccc4c(c3)C(=O)N(C(CC)CC)C4=O)cc2C1=O. The maximum absolute atomic E-state index is 13.0. The van der Waals surface area contributed by atoms with E-state index in [1.807, 2.05) is 32.9 Å². The van der Waals surface area contributed by atoms with Gasteiger partial charge in [0, 0.05) is 12.1 Å². The van der Waals surface area contributed by atoms with Crippen molar-refractivity contribution < 1.29 is 19.2 Å². The largest absolute Gasteiger partial charge is 0.272 e. The highest BCUT2D eigenvalue weighted by molar-refractivity contribution is 6.22. The monoisotopic (exact) mass is 442 g/mol. The molecule has 0 bridgehead atoms. The third kappa shape index (κ3) is 3.69. The van der Waals surface area contributed by atoms with Gasteiger partial charge < -0.3 is 0 Å². The molecule has 0 aliphatic carbocycles. The van der Waals surface area contributed by atoms with E-state index in [4.69, 9.17) is 7.85 Å². The van der Waals surface area contributed by atoms with Crippen LogP contribution < -0.4 is 0 Å². The molecule has 2 aliphatic rings. The fourth-order valence-corrected chi connectivity index (χ4v) is 4.84. The van der Waals surface area contributed by atoms with E-state index in [2.05, 4.69) is 0 Å². The van der Waals surface area contributed by atoms with Crippen LogP contribution in [0, 0.1) is 0 Å². The first-order valence-corrected chi connectivity index (χ1v) is 11.6. The molecule has 0 saturated carbocycles. The standard InChI is InChI=1S/C26H27BN2O4/c1-4-17(5-2)28-23(30)19-9-7-15(12-21(19)25(28)32)11-16-8-10-20-22(13-16)26(33)29(24(20)31)18(6-3)14-27/h7-10,12-13,17-18H,4-6,11,14H2,1-3H3. The van der Waals surface area contributed by atoms with Gasteiger partial charge in [0.2, 0.25) is 0 Å². The number of nitrogens with zero attached hydrogens (tertiary/aromatic N) is 2. The quantitative estimate of drug-likeness (QED) is 0.457. The summed E-state index contributed by atoms with van der Waals surface area (Å²) in [5.74, 6) is -1.10. The lowest BCUT2D eigenvalue weighted by Crippen LogP contribution is -2.39. The highest BCUT2D eigenvalue weighted by atomic mass is 16.2. The second-order valence-corrected chi connectivity index (χ2v) is 8.67. The van der Waals surface area contributed by atoms with E-state index >= 15 is 0 Å². The van der Waals surface area contributed by atoms with Crippen LogP contribution in [0.15, 0.2) is 36.4 Å². The van der Waals surface area contributed by atoms with Crippen LogP contribution >= 0.6 is 0 Å². The van der Waals surface area contributed by atoms with Crippen molar-refractivity contribution in [2.24, 2.45) is 0 Å². The Morgan fingerprint density at radius 1 is 0.636 bits per heavy atom. The summed E-state index contributed by atoms with van der Waals surface area (Å²) in [6.45, 7) is 5.84. The predicted molar refractivity (Wildman–Crippen MR) is 126 cm³/mol. The number of benzene rings is 2. The molecule has 4 rings (SSSR count). The Kier molecular flexibility index (Phi) is 6.24. The normalized spacial score (nSPS) is 16.1. The number of fused-ring (bicyclic) bond motifs is 2. The van der Waals surface area contributed by atoms with Crippen molar-refractivity contribution in [3.63, 3.8) is 0 Å². The van der Waals surface area contributed by atoms with Gasteiger partial charge in [-0.15, -0.1) is 0 Å². The van der Waals surface area contributed by atoms with Crippen molar-refractivity contribution >= 4 is 31.5 Å². The molecule has 2 radical (unpaired) electrons. The summed E-state index contributed by atoms with van der Waals surface area (Å²) in [7, 11) is 5.77. The van der Waals surface area contributed by atoms with Crippen LogP contribution in [0.3, 0.4) is 0 Å². The number of hydrogen-bond donors (Lipinski definition) is 0. The molecule has 0 N–H and O–H groups in total. The first kappa shape index (κ1) is 23.0. The first-order valence-electron chi connectivity index (χ1n) is 11.6. The van der Waals surface area contributed by atoms with E-state index in [9.17, 15) is 19.2 Å². The molecule has 168 valence electrons. The molecule has 4 amide bonds. The van der Waals surface area contributed by atoms with Gasteiger partial charge in [0.05, 0.1) is 30.1 Å². The summed E-state index contributed by atoms with van der Waals surface area (Å²) in [6, 6.07) is 10.2. The lowest BCUT2D eigenvalue weighted by atomic mass is 9.94. The number of carbonyl (C=O) groups is 4. The second kappa shape index (κ2) is 8.97. The average Bonchev–Trinajstić information content (AvgIpc) is 3.21. The van der Waals surface area contributed by atoms with Crippen molar-refractivity contribution in [1.82, 2.24) is 9.80 Å². The molecule has 0 spiro atoms. The van der Waals surface area contributed by atoms with Crippen molar-refractivity contribution in [3.8, 4) is 0 Å². The van der Waals surface area contributed by atoms with Gasteiger partial charge in [-0.25, -0.2) is 0 Å². The molecular weight excluding hydrogens is 415 g/mol. The summed E-state index contributed by atoms with van der Waals surface area (Å²) in [6.07, 6.45) is 2.74. The topological polar surface area (TPSA) is 74.8 Å². The molecule has 1 atom stereocenters. The number of rotatable bonds is 8. The Hall–Kier alpha value is -3.22. The van der Waals surface area contributed by atoms with Gasteiger partial charge in [0.1, 0.15) is 0 Å². The minimum absolute atomic E-state index is 0.107. The Morgan fingerprint density at radius 2 is 1.03 bits per heavy atom. The zero-order valence-corrected chi connectivity index (χ0v) is 19.3. The van der Waals surface area contributed by atoms with E-state index in [1.54, 1.807) is 24.3 Å². The molecule has 33 heavy (non-hydrogen) atoms. The third-order valence-corrected chi connectivity index (χ3v) is 6.79. The number of carbonyl (C=O) groups excluding carboxylic acids is 4. The summed E-state index contributed by atoms with van der Waals surface area (Å²) in [4.78, 5) is 54.1. The maximum Gasteiger partial charge on any atom is 0.261 e. The summed E-state index contributed by atoms with van der Waals surface area (Å²) in [5, 5.41) is 0. The molecule has 1 unspecified atom stereocenters. The Labute approximate surface area is 195 Å². The van der Waals surface area contributed by atoms with Crippen molar-refractivity contribution in [3.05, 3.63) is 69.8 Å². The third-order valence-electron chi connectivity index (χ3n) is 6.79. The number of hydrogen-bond acceptors (Lipinski definition) is 4. The van der Waals surface area contributed by atoms with Crippen LogP contribution in [0.2, 0.25) is 6.32 Å². The molecule has 2 aliphatic heterocycles. The fraction of sp³-hybridized carbons (Fsp3) is 0.385. The number of amides is 4. The molecule has 6 nitrogen and oxygen atoms in total. The summed E-state index contributed by atoms with van der Waals surface area (Å²) >= 11 is 0. The highest BCUT2D eigenvalue weighted by Gasteiger charge is 2.40. The van der Waals surface area contributed by atoms with Gasteiger partial charge in [0.15, 0.2) is 0 Å². The lowest BCUT2D eigenvalue weighted by molar-refractivity contribution is 0.0566. The summed E-state index contributed by atoms with van der Waals surface area (Å²) < 4.78 is 0. The van der Waals surface area contributed by atoms with Gasteiger partial charge in [-0.2, -0.15) is 0 Å². The van der Waals surface area contributed by atoms with Crippen molar-refractivity contribution in [1.29, 1.82) is 0 Å². The summed E-state index contributed by atoms with van der Waals surface area (Å²) in [5.41, 5.74) is 3.36. The van der Waals surface area contributed by atoms with Gasteiger partial charge in [-0.05, 0) is 61.1 Å². The molecule has 7 heteroatoms. The van der Waals surface area contributed by atoms with Crippen molar-refractivity contribution in [2.45, 2.75) is 64.9 Å². The molecule has 0 aromatic heterocycles. The Balaban J connectivity index is 1.60. The Bertz CT molecular complexity index is 1060. The maximum atomic E-state index is 13.0. The molecule has 2 aromatic rings. The van der Waals surface area contributed by atoms with Gasteiger partial charge in [-0.1, -0.05) is 39.2 Å². The van der Waals surface area contributed by atoms with Crippen LogP contribution in [0.1, 0.15) is 92.6 Å². The van der Waals surface area contributed by atoms with Gasteiger partial charge in [0.25, 0.3) is 23.6 Å². The molecule has 2 aromatic carbocycles. The van der Waals surface area contributed by atoms with Crippen molar-refractivity contribution in [2.75, 3.05) is 0 Å². The van der Waals surface area contributed by atoms with Gasteiger partial charge >= 0.3 is 0 Å². The van der Waals surface area contributed by atoms with Crippen LogP contribution in [0.5, 0.6) is 0 Å². The van der Waals surface area contributed by atoms with Crippen LogP contribution in [-0.4, -0.2) is 53.4 Å². The minimum Gasteiger partial charge on any atom is -0.272 e. The molecule has 0 saturated heterocycles. The van der Waals surface area contributed by atoms with Gasteiger partial charge in [-0.3, -0.25) is 29.0 Å².